The lowest BCUT2D eigenvalue weighted by atomic mass is 9.90. The van der Waals surface area contributed by atoms with Gasteiger partial charge in [0.25, 0.3) is 0 Å². The molecule has 2 N–H and O–H groups in total. The molecule has 1 aromatic carbocycles. The maximum absolute atomic E-state index is 5.85. The van der Waals surface area contributed by atoms with Crippen LogP contribution in [0.3, 0.4) is 0 Å². The van der Waals surface area contributed by atoms with E-state index >= 15 is 0 Å². The fraction of sp³-hybridized carbons (Fsp3) is 0.389. The van der Waals surface area contributed by atoms with Gasteiger partial charge in [0.05, 0.1) is 0 Å². The number of pyridine rings is 1. The number of aromatic nitrogens is 1. The second-order valence-electron chi connectivity index (χ2n) is 6.57. The molecule has 0 unspecified atom stereocenters. The van der Waals surface area contributed by atoms with Gasteiger partial charge in [0, 0.05) is 30.4 Å². The Morgan fingerprint density at radius 1 is 1.14 bits per heavy atom. The van der Waals surface area contributed by atoms with Crippen molar-refractivity contribution in [3.8, 4) is 0 Å². The number of aryl methyl sites for hydroxylation is 1. The van der Waals surface area contributed by atoms with E-state index in [1.807, 2.05) is 7.05 Å². The number of nitrogens with zero attached hydrogens (tertiary/aromatic N) is 2. The van der Waals surface area contributed by atoms with Gasteiger partial charge in [-0.2, -0.15) is 0 Å². The Kier molecular flexibility index (Phi) is 4.33. The van der Waals surface area contributed by atoms with E-state index in [2.05, 4.69) is 69.0 Å². The van der Waals surface area contributed by atoms with Crippen molar-refractivity contribution >= 4 is 11.5 Å². The van der Waals surface area contributed by atoms with Gasteiger partial charge in [-0.1, -0.05) is 32.9 Å². The number of nitrogens with two attached hydrogens (primary N) is 1. The van der Waals surface area contributed by atoms with E-state index in [-0.39, 0.29) is 5.41 Å². The first-order valence-electron chi connectivity index (χ1n) is 7.33. The molecule has 0 bridgehead atoms. The van der Waals surface area contributed by atoms with E-state index in [0.717, 1.165) is 22.8 Å². The minimum atomic E-state index is 0.00732. The van der Waals surface area contributed by atoms with Crippen LogP contribution in [0, 0.1) is 6.92 Å². The molecule has 2 aromatic rings. The number of benzene rings is 1. The molecule has 0 spiro atoms. The summed E-state index contributed by atoms with van der Waals surface area (Å²) in [4.78, 5) is 6.94. The molecular formula is C18H25N3. The molecule has 1 aromatic heterocycles. The van der Waals surface area contributed by atoms with Crippen molar-refractivity contribution in [1.29, 1.82) is 0 Å². The van der Waals surface area contributed by atoms with Crippen LogP contribution in [0.25, 0.3) is 0 Å². The third-order valence-corrected chi connectivity index (χ3v) is 3.61. The lowest BCUT2D eigenvalue weighted by Crippen LogP contribution is -2.19. The molecule has 0 aliphatic rings. The number of rotatable bonds is 3. The first kappa shape index (κ1) is 15.5. The van der Waals surface area contributed by atoms with Crippen molar-refractivity contribution in [3.05, 3.63) is 53.2 Å². The average molecular weight is 283 g/mol. The number of hydrogen-bond donors (Lipinski definition) is 1. The highest BCUT2D eigenvalue weighted by atomic mass is 15.2. The van der Waals surface area contributed by atoms with E-state index < -0.39 is 0 Å². The highest BCUT2D eigenvalue weighted by Gasteiger charge is 2.18. The summed E-state index contributed by atoms with van der Waals surface area (Å²) >= 11 is 0. The van der Waals surface area contributed by atoms with Crippen molar-refractivity contribution in [2.45, 2.75) is 39.7 Å². The standard InChI is InChI=1S/C18H25N3/c1-13-7-6-8-15(9-13)21(5)17-11-14(12-19)10-16(20-17)18(2,3)4/h6-11H,12,19H2,1-5H3. The van der Waals surface area contributed by atoms with Gasteiger partial charge in [-0.05, 0) is 42.3 Å². The zero-order valence-corrected chi connectivity index (χ0v) is 13.6. The fourth-order valence-electron chi connectivity index (χ4n) is 2.21. The molecule has 0 amide bonds. The Morgan fingerprint density at radius 3 is 2.43 bits per heavy atom. The van der Waals surface area contributed by atoms with Crippen molar-refractivity contribution in [2.24, 2.45) is 5.73 Å². The van der Waals surface area contributed by atoms with Gasteiger partial charge in [0.15, 0.2) is 0 Å². The largest absolute Gasteiger partial charge is 0.329 e. The van der Waals surface area contributed by atoms with Gasteiger partial charge >= 0.3 is 0 Å². The van der Waals surface area contributed by atoms with E-state index in [0.29, 0.717) is 6.54 Å². The van der Waals surface area contributed by atoms with E-state index in [9.17, 15) is 0 Å². The molecular weight excluding hydrogens is 258 g/mol. The van der Waals surface area contributed by atoms with Gasteiger partial charge in [-0.3, -0.25) is 0 Å². The highest BCUT2D eigenvalue weighted by molar-refractivity contribution is 5.60. The summed E-state index contributed by atoms with van der Waals surface area (Å²) in [6, 6.07) is 12.6. The summed E-state index contributed by atoms with van der Waals surface area (Å²) in [6.07, 6.45) is 0. The molecule has 0 aliphatic carbocycles. The molecule has 0 aliphatic heterocycles. The molecule has 1 heterocycles. The van der Waals surface area contributed by atoms with Crippen LogP contribution < -0.4 is 10.6 Å². The molecule has 112 valence electrons. The minimum Gasteiger partial charge on any atom is -0.329 e. The van der Waals surface area contributed by atoms with E-state index in [1.54, 1.807) is 0 Å². The SMILES string of the molecule is Cc1cccc(N(C)c2cc(CN)cc(C(C)(C)C)n2)c1. The molecule has 3 nitrogen and oxygen atoms in total. The molecule has 21 heavy (non-hydrogen) atoms. The number of anilines is 2. The lowest BCUT2D eigenvalue weighted by Gasteiger charge is -2.24. The van der Waals surface area contributed by atoms with Crippen molar-refractivity contribution in [2.75, 3.05) is 11.9 Å². The van der Waals surface area contributed by atoms with Gasteiger partial charge in [-0.15, -0.1) is 0 Å². The fourth-order valence-corrected chi connectivity index (χ4v) is 2.21. The van der Waals surface area contributed by atoms with Gasteiger partial charge in [0.1, 0.15) is 5.82 Å². The summed E-state index contributed by atoms with van der Waals surface area (Å²) in [5.74, 6) is 0.938. The smallest absolute Gasteiger partial charge is 0.133 e. The summed E-state index contributed by atoms with van der Waals surface area (Å²) in [6.45, 7) is 9.14. The van der Waals surface area contributed by atoms with Crippen LogP contribution in [-0.2, 0) is 12.0 Å². The molecule has 0 saturated carbocycles. The minimum absolute atomic E-state index is 0.00732. The van der Waals surface area contributed by atoms with Gasteiger partial charge in [-0.25, -0.2) is 4.98 Å². The van der Waals surface area contributed by atoms with E-state index in [1.165, 1.54) is 5.56 Å². The second-order valence-corrected chi connectivity index (χ2v) is 6.57. The predicted octanol–water partition coefficient (Wildman–Crippen LogP) is 3.91. The van der Waals surface area contributed by atoms with Crippen LogP contribution in [0.5, 0.6) is 0 Å². The van der Waals surface area contributed by atoms with Crippen molar-refractivity contribution in [3.63, 3.8) is 0 Å². The second kappa shape index (κ2) is 5.86. The number of hydrogen-bond acceptors (Lipinski definition) is 3. The Balaban J connectivity index is 2.47. The Labute approximate surface area is 127 Å². The Hall–Kier alpha value is -1.87. The molecule has 2 rings (SSSR count). The quantitative estimate of drug-likeness (QED) is 0.928. The molecule has 3 heteroatoms. The summed E-state index contributed by atoms with van der Waals surface area (Å²) < 4.78 is 0. The zero-order chi connectivity index (χ0) is 15.6. The monoisotopic (exact) mass is 283 g/mol. The van der Waals surface area contributed by atoms with Crippen LogP contribution >= 0.6 is 0 Å². The van der Waals surface area contributed by atoms with Crippen LogP contribution in [0.4, 0.5) is 11.5 Å². The Morgan fingerprint density at radius 2 is 1.86 bits per heavy atom. The van der Waals surface area contributed by atoms with Crippen LogP contribution in [0.15, 0.2) is 36.4 Å². The van der Waals surface area contributed by atoms with Gasteiger partial charge in [0.2, 0.25) is 0 Å². The van der Waals surface area contributed by atoms with E-state index in [4.69, 9.17) is 10.7 Å². The summed E-state index contributed by atoms with van der Waals surface area (Å²) in [5.41, 5.74) is 10.4. The third kappa shape index (κ3) is 3.61. The molecule has 0 radical (unpaired) electrons. The van der Waals surface area contributed by atoms with Crippen LogP contribution in [0.2, 0.25) is 0 Å². The van der Waals surface area contributed by atoms with Gasteiger partial charge < -0.3 is 10.6 Å². The normalized spacial score (nSPS) is 11.5. The maximum Gasteiger partial charge on any atom is 0.133 e. The maximum atomic E-state index is 5.85. The molecule has 0 fully saturated rings. The highest BCUT2D eigenvalue weighted by Crippen LogP contribution is 2.28. The van der Waals surface area contributed by atoms with Crippen molar-refractivity contribution < 1.29 is 0 Å². The predicted molar refractivity (Wildman–Crippen MR) is 90.1 cm³/mol. The molecule has 0 saturated heterocycles. The zero-order valence-electron chi connectivity index (χ0n) is 13.6. The average Bonchev–Trinajstić information content (AvgIpc) is 2.45. The summed E-state index contributed by atoms with van der Waals surface area (Å²) in [5, 5.41) is 0. The summed E-state index contributed by atoms with van der Waals surface area (Å²) in [7, 11) is 2.05. The van der Waals surface area contributed by atoms with Crippen LogP contribution in [-0.4, -0.2) is 12.0 Å². The third-order valence-electron chi connectivity index (χ3n) is 3.61. The molecule has 0 atom stereocenters. The topological polar surface area (TPSA) is 42.1 Å². The lowest BCUT2D eigenvalue weighted by molar-refractivity contribution is 0.568. The van der Waals surface area contributed by atoms with Crippen LogP contribution in [0.1, 0.15) is 37.6 Å². The first-order valence-corrected chi connectivity index (χ1v) is 7.33. The Bertz CT molecular complexity index is 627. The van der Waals surface area contributed by atoms with Crippen molar-refractivity contribution in [1.82, 2.24) is 4.98 Å². The first-order chi connectivity index (χ1) is 9.81.